The first-order chi connectivity index (χ1) is 19.8. The van der Waals surface area contributed by atoms with E-state index in [1.165, 1.54) is 11.6 Å². The predicted molar refractivity (Wildman–Crippen MR) is 148 cm³/mol. The molecule has 220 valence electrons. The second-order valence-electron chi connectivity index (χ2n) is 10.6. The lowest BCUT2D eigenvalue weighted by Gasteiger charge is -2.45. The van der Waals surface area contributed by atoms with Crippen molar-refractivity contribution in [2.75, 3.05) is 39.7 Å². The van der Waals surface area contributed by atoms with Crippen molar-refractivity contribution in [3.05, 3.63) is 65.5 Å². The van der Waals surface area contributed by atoms with Gasteiger partial charge in [0.1, 0.15) is 5.69 Å². The van der Waals surface area contributed by atoms with Gasteiger partial charge in [0.15, 0.2) is 23.1 Å². The summed E-state index contributed by atoms with van der Waals surface area (Å²) >= 11 is 0. The number of hydrogen-bond acceptors (Lipinski definition) is 7. The van der Waals surface area contributed by atoms with E-state index < -0.39 is 17.7 Å². The lowest BCUT2D eigenvalue weighted by atomic mass is 9.65. The Labute approximate surface area is 237 Å². The van der Waals surface area contributed by atoms with Crippen LogP contribution in [0.15, 0.2) is 42.6 Å². The summed E-state index contributed by atoms with van der Waals surface area (Å²) in [7, 11) is 4.89. The highest BCUT2D eigenvalue weighted by molar-refractivity contribution is 5.89. The number of fused-ring (bicyclic) bond motifs is 1. The van der Waals surface area contributed by atoms with E-state index in [1.807, 2.05) is 16.9 Å². The highest BCUT2D eigenvalue weighted by Crippen LogP contribution is 2.50. The molecule has 1 aliphatic carbocycles. The Bertz CT molecular complexity index is 1370. The van der Waals surface area contributed by atoms with E-state index in [4.69, 9.17) is 14.2 Å². The number of urea groups is 1. The summed E-state index contributed by atoms with van der Waals surface area (Å²) < 4.78 is 45.0. The zero-order valence-electron chi connectivity index (χ0n) is 23.5. The molecule has 41 heavy (non-hydrogen) atoms. The van der Waals surface area contributed by atoms with Crippen molar-refractivity contribution in [2.24, 2.45) is 0 Å². The largest absolute Gasteiger partial charge is 0.493 e. The van der Waals surface area contributed by atoms with Crippen molar-refractivity contribution in [2.45, 2.75) is 56.3 Å². The summed E-state index contributed by atoms with van der Waals surface area (Å²) in [5, 5.41) is 14.1. The van der Waals surface area contributed by atoms with E-state index in [9.17, 15) is 13.6 Å². The molecule has 2 N–H and O–H groups in total. The van der Waals surface area contributed by atoms with Crippen LogP contribution in [0.5, 0.6) is 11.5 Å². The first kappa shape index (κ1) is 28.7. The van der Waals surface area contributed by atoms with Gasteiger partial charge in [-0.2, -0.15) is 0 Å². The van der Waals surface area contributed by atoms with Crippen LogP contribution >= 0.6 is 0 Å². The standard InChI is InChI=1S/C29H36F2N6O4/c1-39-18-22-17-37(35-34-22)13-12-36-11-10-29(19-4-7-25(40-2)26(14-19)41-3)9-8-21(16-27(29)36)33-28(38)32-20-5-6-23(30)24(31)15-20/h4-7,14-15,17,21,27H,8-13,16,18H2,1-3H3,(H2,32,33,38)/t21-,27+,29+/m1/s1. The molecule has 2 aromatic carbocycles. The van der Waals surface area contributed by atoms with Crippen LogP contribution in [-0.2, 0) is 23.3 Å². The molecule has 5 rings (SSSR count). The maximum Gasteiger partial charge on any atom is 0.319 e. The van der Waals surface area contributed by atoms with Gasteiger partial charge in [0.05, 0.1) is 33.6 Å². The Morgan fingerprint density at radius 3 is 2.63 bits per heavy atom. The van der Waals surface area contributed by atoms with Crippen LogP contribution in [0.25, 0.3) is 0 Å². The van der Waals surface area contributed by atoms with Gasteiger partial charge in [-0.15, -0.1) is 5.10 Å². The second kappa shape index (κ2) is 12.4. The molecule has 0 radical (unpaired) electrons. The van der Waals surface area contributed by atoms with Gasteiger partial charge in [0.2, 0.25) is 0 Å². The number of carbonyl (C=O) groups is 1. The number of likely N-dealkylation sites (tertiary alicyclic amines) is 1. The van der Waals surface area contributed by atoms with Crippen molar-refractivity contribution in [1.29, 1.82) is 0 Å². The Kier molecular flexibility index (Phi) is 8.69. The number of methoxy groups -OCH3 is 3. The van der Waals surface area contributed by atoms with Crippen LogP contribution in [-0.4, -0.2) is 72.4 Å². The summed E-state index contributed by atoms with van der Waals surface area (Å²) in [6.07, 6.45) is 5.22. The minimum Gasteiger partial charge on any atom is -0.493 e. The van der Waals surface area contributed by atoms with Crippen LogP contribution in [0.3, 0.4) is 0 Å². The number of nitrogens with zero attached hydrogens (tertiary/aromatic N) is 4. The summed E-state index contributed by atoms with van der Waals surface area (Å²) in [5.41, 5.74) is 2.04. The highest BCUT2D eigenvalue weighted by atomic mass is 19.2. The second-order valence-corrected chi connectivity index (χ2v) is 10.6. The van der Waals surface area contributed by atoms with Crippen LogP contribution in [0.4, 0.5) is 19.3 Å². The lowest BCUT2D eigenvalue weighted by Crippen LogP contribution is -2.53. The Morgan fingerprint density at radius 1 is 1.05 bits per heavy atom. The molecule has 12 heteroatoms. The van der Waals surface area contributed by atoms with E-state index >= 15 is 0 Å². The number of hydrogen-bond donors (Lipinski definition) is 2. The predicted octanol–water partition coefficient (Wildman–Crippen LogP) is 4.11. The minimum absolute atomic E-state index is 0.0983. The maximum absolute atomic E-state index is 13.6. The van der Waals surface area contributed by atoms with Gasteiger partial charge in [-0.05, 0) is 62.1 Å². The summed E-state index contributed by atoms with van der Waals surface area (Å²) in [6, 6.07) is 9.05. The molecule has 10 nitrogen and oxygen atoms in total. The maximum atomic E-state index is 13.6. The average molecular weight is 571 g/mol. The molecule has 3 aromatic rings. The molecule has 1 saturated carbocycles. The van der Waals surface area contributed by atoms with Gasteiger partial charge in [-0.1, -0.05) is 11.3 Å². The molecular weight excluding hydrogens is 534 g/mol. The highest BCUT2D eigenvalue weighted by Gasteiger charge is 2.51. The third-order valence-electron chi connectivity index (χ3n) is 8.34. The molecule has 3 atom stereocenters. The lowest BCUT2D eigenvalue weighted by molar-refractivity contribution is 0.132. The van der Waals surface area contributed by atoms with E-state index in [1.54, 1.807) is 21.3 Å². The van der Waals surface area contributed by atoms with Gasteiger partial charge in [0, 0.05) is 42.9 Å². The number of carbonyl (C=O) groups excluding carboxylic acids is 1. The van der Waals surface area contributed by atoms with Gasteiger partial charge in [-0.3, -0.25) is 9.58 Å². The molecule has 2 aliphatic rings. The molecule has 0 unspecified atom stereocenters. The van der Waals surface area contributed by atoms with E-state index in [0.717, 1.165) is 56.6 Å². The van der Waals surface area contributed by atoms with E-state index in [0.29, 0.717) is 24.7 Å². The molecule has 2 amide bonds. The molecular formula is C29H36F2N6O4. The summed E-state index contributed by atoms with van der Waals surface area (Å²) in [5.74, 6) is -0.599. The van der Waals surface area contributed by atoms with Gasteiger partial charge >= 0.3 is 6.03 Å². The van der Waals surface area contributed by atoms with E-state index in [2.05, 4.69) is 38.0 Å². The number of aromatic nitrogens is 3. The van der Waals surface area contributed by atoms with Crippen LogP contribution < -0.4 is 20.1 Å². The number of halogens is 2. The van der Waals surface area contributed by atoms with E-state index in [-0.39, 0.29) is 23.2 Å². The van der Waals surface area contributed by atoms with Gasteiger partial charge in [-0.25, -0.2) is 13.6 Å². The molecule has 0 bridgehead atoms. The third-order valence-corrected chi connectivity index (χ3v) is 8.34. The van der Waals surface area contributed by atoms with Gasteiger partial charge in [0.25, 0.3) is 0 Å². The van der Waals surface area contributed by atoms with Crippen molar-refractivity contribution >= 4 is 11.7 Å². The number of benzene rings is 2. The SMILES string of the molecule is COCc1cn(CCN2CC[C@]3(c4ccc(OC)c(OC)c4)CC[C@@H](NC(=O)Nc4ccc(F)c(F)c4)C[C@H]23)nn1. The molecule has 2 heterocycles. The third kappa shape index (κ3) is 6.13. The fourth-order valence-corrected chi connectivity index (χ4v) is 6.35. The topological polar surface area (TPSA) is 103 Å². The zero-order valence-corrected chi connectivity index (χ0v) is 23.5. The van der Waals surface area contributed by atoms with Crippen molar-refractivity contribution in [3.63, 3.8) is 0 Å². The fourth-order valence-electron chi connectivity index (χ4n) is 6.35. The average Bonchev–Trinajstić information content (AvgIpc) is 3.58. The molecule has 0 spiro atoms. The van der Waals surface area contributed by atoms with Crippen molar-refractivity contribution in [3.8, 4) is 11.5 Å². The molecule has 1 aliphatic heterocycles. The van der Waals surface area contributed by atoms with Crippen molar-refractivity contribution in [1.82, 2.24) is 25.2 Å². The number of anilines is 1. The first-order valence-corrected chi connectivity index (χ1v) is 13.7. The normalized spacial score (nSPS) is 22.3. The monoisotopic (exact) mass is 570 g/mol. The minimum atomic E-state index is -1.01. The quantitative estimate of drug-likeness (QED) is 0.378. The zero-order chi connectivity index (χ0) is 29.0. The van der Waals surface area contributed by atoms with Crippen molar-refractivity contribution < 1.29 is 27.8 Å². The summed E-state index contributed by atoms with van der Waals surface area (Å²) in [6.45, 7) is 2.74. The number of rotatable bonds is 10. The molecule has 2 fully saturated rings. The van der Waals surface area contributed by atoms with Crippen LogP contribution in [0.1, 0.15) is 36.9 Å². The number of ether oxygens (including phenoxy) is 3. The molecule has 1 aromatic heterocycles. The van der Waals surface area contributed by atoms with Crippen LogP contribution in [0, 0.1) is 11.6 Å². The number of nitrogens with one attached hydrogen (secondary N) is 2. The molecule has 1 saturated heterocycles. The Morgan fingerprint density at radius 2 is 1.88 bits per heavy atom. The summed E-state index contributed by atoms with van der Waals surface area (Å²) in [4.78, 5) is 15.3. The fraction of sp³-hybridized carbons (Fsp3) is 0.483. The number of amides is 2. The van der Waals surface area contributed by atoms with Crippen LogP contribution in [0.2, 0.25) is 0 Å². The Balaban J connectivity index is 1.34. The first-order valence-electron chi connectivity index (χ1n) is 13.7. The van der Waals surface area contributed by atoms with Gasteiger partial charge < -0.3 is 24.8 Å². The smallest absolute Gasteiger partial charge is 0.319 e. The Hall–Kier alpha value is -3.77.